The fourth-order valence-electron chi connectivity index (χ4n) is 3.13. The van der Waals surface area contributed by atoms with E-state index in [9.17, 15) is 9.59 Å². The first-order valence-corrected chi connectivity index (χ1v) is 8.98. The van der Waals surface area contributed by atoms with E-state index in [1.807, 2.05) is 6.92 Å². The van der Waals surface area contributed by atoms with Crippen molar-refractivity contribution in [2.45, 2.75) is 38.6 Å². The first-order chi connectivity index (χ1) is 12.7. The molecule has 1 heterocycles. The summed E-state index contributed by atoms with van der Waals surface area (Å²) in [7, 11) is 0. The Hall–Kier alpha value is -2.89. The van der Waals surface area contributed by atoms with E-state index in [1.165, 1.54) is 0 Å². The number of anilines is 1. The highest BCUT2D eigenvalue weighted by Gasteiger charge is 2.21. The SMILES string of the molecule is CCOc1ncccc1C(=O)Nc1ccccc1C(=O)NC1CCCC1. The summed E-state index contributed by atoms with van der Waals surface area (Å²) >= 11 is 0. The molecule has 0 radical (unpaired) electrons. The monoisotopic (exact) mass is 353 g/mol. The summed E-state index contributed by atoms with van der Waals surface area (Å²) in [6, 6.07) is 10.5. The Morgan fingerprint density at radius 1 is 1.08 bits per heavy atom. The van der Waals surface area contributed by atoms with Crippen LogP contribution in [0.4, 0.5) is 5.69 Å². The number of nitrogens with zero attached hydrogens (tertiary/aromatic N) is 1. The molecule has 1 saturated carbocycles. The summed E-state index contributed by atoms with van der Waals surface area (Å²) in [5.41, 5.74) is 1.26. The number of hydrogen-bond donors (Lipinski definition) is 2. The van der Waals surface area contributed by atoms with Crippen LogP contribution in [0.5, 0.6) is 5.88 Å². The molecule has 0 spiro atoms. The number of ether oxygens (including phenoxy) is 1. The third kappa shape index (κ3) is 4.20. The van der Waals surface area contributed by atoms with Crippen molar-refractivity contribution < 1.29 is 14.3 Å². The van der Waals surface area contributed by atoms with Crippen molar-refractivity contribution in [3.05, 3.63) is 53.7 Å². The molecule has 6 heteroatoms. The largest absolute Gasteiger partial charge is 0.477 e. The van der Waals surface area contributed by atoms with Crippen molar-refractivity contribution in [3.63, 3.8) is 0 Å². The molecular weight excluding hydrogens is 330 g/mol. The number of pyridine rings is 1. The number of hydrogen-bond acceptors (Lipinski definition) is 4. The highest BCUT2D eigenvalue weighted by Crippen LogP contribution is 2.22. The van der Waals surface area contributed by atoms with Crippen LogP contribution < -0.4 is 15.4 Å². The van der Waals surface area contributed by atoms with Gasteiger partial charge < -0.3 is 15.4 Å². The molecule has 0 atom stereocenters. The fraction of sp³-hybridized carbons (Fsp3) is 0.350. The minimum Gasteiger partial charge on any atom is -0.477 e. The molecule has 1 aromatic carbocycles. The van der Waals surface area contributed by atoms with Gasteiger partial charge in [-0.2, -0.15) is 0 Å². The Morgan fingerprint density at radius 2 is 1.81 bits per heavy atom. The molecule has 1 aliphatic rings. The van der Waals surface area contributed by atoms with Gasteiger partial charge in [0.05, 0.1) is 17.9 Å². The first-order valence-electron chi connectivity index (χ1n) is 8.98. The Labute approximate surface area is 153 Å². The zero-order chi connectivity index (χ0) is 18.4. The molecule has 2 N–H and O–H groups in total. The lowest BCUT2D eigenvalue weighted by atomic mass is 10.1. The Kier molecular flexibility index (Phi) is 5.84. The smallest absolute Gasteiger partial charge is 0.261 e. The molecule has 0 bridgehead atoms. The van der Waals surface area contributed by atoms with Crippen LogP contribution in [0.15, 0.2) is 42.6 Å². The molecule has 1 aromatic heterocycles. The van der Waals surface area contributed by atoms with E-state index >= 15 is 0 Å². The third-order valence-electron chi connectivity index (χ3n) is 4.41. The van der Waals surface area contributed by atoms with Crippen molar-refractivity contribution in [1.82, 2.24) is 10.3 Å². The number of amides is 2. The molecule has 3 rings (SSSR count). The topological polar surface area (TPSA) is 80.3 Å². The van der Waals surface area contributed by atoms with Crippen molar-refractivity contribution in [2.24, 2.45) is 0 Å². The average Bonchev–Trinajstić information content (AvgIpc) is 3.16. The van der Waals surface area contributed by atoms with Crippen molar-refractivity contribution in [2.75, 3.05) is 11.9 Å². The molecule has 26 heavy (non-hydrogen) atoms. The lowest BCUT2D eigenvalue weighted by Crippen LogP contribution is -2.33. The van der Waals surface area contributed by atoms with Gasteiger partial charge >= 0.3 is 0 Å². The number of carbonyl (C=O) groups excluding carboxylic acids is 2. The van der Waals surface area contributed by atoms with Crippen LogP contribution >= 0.6 is 0 Å². The number of para-hydroxylation sites is 1. The van der Waals surface area contributed by atoms with Gasteiger partial charge in [0.15, 0.2) is 0 Å². The van der Waals surface area contributed by atoms with Crippen molar-refractivity contribution in [1.29, 1.82) is 0 Å². The second-order valence-electron chi connectivity index (χ2n) is 6.24. The van der Waals surface area contributed by atoms with Crippen LogP contribution in [-0.2, 0) is 0 Å². The summed E-state index contributed by atoms with van der Waals surface area (Å²) < 4.78 is 5.41. The lowest BCUT2D eigenvalue weighted by Gasteiger charge is -2.15. The van der Waals surface area contributed by atoms with E-state index in [1.54, 1.807) is 42.6 Å². The quantitative estimate of drug-likeness (QED) is 0.834. The van der Waals surface area contributed by atoms with Crippen LogP contribution in [0.25, 0.3) is 0 Å². The molecule has 136 valence electrons. The van der Waals surface area contributed by atoms with Gasteiger partial charge in [0.25, 0.3) is 11.8 Å². The molecule has 2 amide bonds. The van der Waals surface area contributed by atoms with Gasteiger partial charge in [-0.05, 0) is 44.0 Å². The minimum atomic E-state index is -0.359. The number of rotatable bonds is 6. The Morgan fingerprint density at radius 3 is 2.58 bits per heavy atom. The van der Waals surface area contributed by atoms with Gasteiger partial charge in [0.2, 0.25) is 5.88 Å². The minimum absolute atomic E-state index is 0.163. The summed E-state index contributed by atoms with van der Waals surface area (Å²) in [5, 5.41) is 5.86. The highest BCUT2D eigenvalue weighted by molar-refractivity contribution is 6.09. The fourth-order valence-corrected chi connectivity index (χ4v) is 3.13. The van der Waals surface area contributed by atoms with Gasteiger partial charge in [0, 0.05) is 12.2 Å². The molecule has 1 fully saturated rings. The second-order valence-corrected chi connectivity index (χ2v) is 6.24. The van der Waals surface area contributed by atoms with Crippen molar-refractivity contribution in [3.8, 4) is 5.88 Å². The number of nitrogens with one attached hydrogen (secondary N) is 2. The maximum absolute atomic E-state index is 12.7. The number of benzene rings is 1. The molecule has 2 aromatic rings. The van der Waals surface area contributed by atoms with E-state index < -0.39 is 0 Å². The van der Waals surface area contributed by atoms with Crippen LogP contribution in [-0.4, -0.2) is 29.4 Å². The van der Waals surface area contributed by atoms with Crippen LogP contribution in [0, 0.1) is 0 Å². The molecule has 6 nitrogen and oxygen atoms in total. The normalized spacial score (nSPS) is 14.0. The average molecular weight is 353 g/mol. The molecule has 0 aliphatic heterocycles. The highest BCUT2D eigenvalue weighted by atomic mass is 16.5. The van der Waals surface area contributed by atoms with Crippen LogP contribution in [0.2, 0.25) is 0 Å². The lowest BCUT2D eigenvalue weighted by molar-refractivity contribution is 0.0939. The third-order valence-corrected chi connectivity index (χ3v) is 4.41. The number of carbonyl (C=O) groups is 2. The van der Waals surface area contributed by atoms with Gasteiger partial charge in [-0.1, -0.05) is 25.0 Å². The zero-order valence-corrected chi connectivity index (χ0v) is 14.8. The maximum Gasteiger partial charge on any atom is 0.261 e. The van der Waals surface area contributed by atoms with Gasteiger partial charge in [-0.3, -0.25) is 9.59 Å². The van der Waals surface area contributed by atoms with E-state index in [0.29, 0.717) is 23.4 Å². The van der Waals surface area contributed by atoms with E-state index in [2.05, 4.69) is 15.6 Å². The predicted octanol–water partition coefficient (Wildman–Crippen LogP) is 3.41. The van der Waals surface area contributed by atoms with Gasteiger partial charge in [-0.25, -0.2) is 4.98 Å². The summed E-state index contributed by atoms with van der Waals surface area (Å²) in [6.07, 6.45) is 5.88. The predicted molar refractivity (Wildman–Crippen MR) is 99.5 cm³/mol. The number of aromatic nitrogens is 1. The summed E-state index contributed by atoms with van der Waals surface area (Å²) in [4.78, 5) is 29.4. The Balaban J connectivity index is 1.77. The summed E-state index contributed by atoms with van der Waals surface area (Å²) in [5.74, 6) is -0.243. The molecule has 1 aliphatic carbocycles. The second kappa shape index (κ2) is 8.47. The first kappa shape index (κ1) is 17.9. The maximum atomic E-state index is 12.7. The van der Waals surface area contributed by atoms with Gasteiger partial charge in [0.1, 0.15) is 5.56 Å². The van der Waals surface area contributed by atoms with Crippen LogP contribution in [0.1, 0.15) is 53.3 Å². The molecular formula is C20H23N3O3. The van der Waals surface area contributed by atoms with E-state index in [-0.39, 0.29) is 23.7 Å². The van der Waals surface area contributed by atoms with Crippen LogP contribution in [0.3, 0.4) is 0 Å². The standard InChI is InChI=1S/C20H23N3O3/c1-2-26-20-16(11-7-13-21-20)19(25)23-17-12-6-5-10-15(17)18(24)22-14-8-3-4-9-14/h5-7,10-14H,2-4,8-9H2,1H3,(H,22,24)(H,23,25). The molecule has 0 saturated heterocycles. The van der Waals surface area contributed by atoms with Crippen molar-refractivity contribution >= 4 is 17.5 Å². The Bertz CT molecular complexity index is 785. The van der Waals surface area contributed by atoms with E-state index in [0.717, 1.165) is 25.7 Å². The zero-order valence-electron chi connectivity index (χ0n) is 14.8. The molecule has 0 unspecified atom stereocenters. The van der Waals surface area contributed by atoms with E-state index in [4.69, 9.17) is 4.74 Å². The summed E-state index contributed by atoms with van der Waals surface area (Å²) in [6.45, 7) is 2.25. The van der Waals surface area contributed by atoms with Gasteiger partial charge in [-0.15, -0.1) is 0 Å².